The maximum atomic E-state index is 12.7. The van der Waals surface area contributed by atoms with E-state index in [1.54, 1.807) is 29.2 Å². The summed E-state index contributed by atoms with van der Waals surface area (Å²) in [5.74, 6) is -0.0989. The summed E-state index contributed by atoms with van der Waals surface area (Å²) in [6.45, 7) is 7.16. The number of likely N-dealkylation sites (tertiary alicyclic amines) is 1. The van der Waals surface area contributed by atoms with Gasteiger partial charge < -0.3 is 14.5 Å². The highest BCUT2D eigenvalue weighted by molar-refractivity contribution is 5.80. The molecule has 0 aliphatic carbocycles. The Morgan fingerprint density at radius 2 is 2.00 bits per heavy atom. The van der Waals surface area contributed by atoms with E-state index < -0.39 is 5.60 Å². The summed E-state index contributed by atoms with van der Waals surface area (Å²) in [5, 5.41) is 0. The lowest BCUT2D eigenvalue weighted by Gasteiger charge is -2.35. The lowest BCUT2D eigenvalue weighted by atomic mass is 9.96. The molecule has 0 radical (unpaired) electrons. The zero-order chi connectivity index (χ0) is 17.7. The van der Waals surface area contributed by atoms with E-state index >= 15 is 0 Å². The standard InChI is InChI=1S/C18H27N3O3/c1-18(2,3)24-17(23)21-11-5-6-15(13-21)16(22)20(4)12-14-7-9-19-10-8-14/h7-10,15H,5-6,11-13H2,1-4H3. The second kappa shape index (κ2) is 7.64. The summed E-state index contributed by atoms with van der Waals surface area (Å²) in [4.78, 5) is 32.3. The minimum absolute atomic E-state index is 0.0695. The van der Waals surface area contributed by atoms with Gasteiger partial charge in [0, 0.05) is 39.1 Å². The van der Waals surface area contributed by atoms with E-state index in [-0.39, 0.29) is 17.9 Å². The minimum Gasteiger partial charge on any atom is -0.444 e. The zero-order valence-corrected chi connectivity index (χ0v) is 15.0. The Bertz CT molecular complexity index is 569. The van der Waals surface area contributed by atoms with Crippen LogP contribution in [0, 0.1) is 5.92 Å². The molecule has 1 aromatic heterocycles. The third kappa shape index (κ3) is 5.22. The molecule has 0 aromatic carbocycles. The molecular weight excluding hydrogens is 306 g/mol. The van der Waals surface area contributed by atoms with Gasteiger partial charge in [-0.05, 0) is 51.3 Å². The Balaban J connectivity index is 1.93. The van der Waals surface area contributed by atoms with Gasteiger partial charge in [-0.3, -0.25) is 9.78 Å². The first-order valence-electron chi connectivity index (χ1n) is 8.38. The number of rotatable bonds is 3. The van der Waals surface area contributed by atoms with Crippen LogP contribution < -0.4 is 0 Å². The van der Waals surface area contributed by atoms with Crippen LogP contribution in [0.2, 0.25) is 0 Å². The fourth-order valence-electron chi connectivity index (χ4n) is 2.82. The molecule has 24 heavy (non-hydrogen) atoms. The van der Waals surface area contributed by atoms with Crippen molar-refractivity contribution in [2.24, 2.45) is 5.92 Å². The van der Waals surface area contributed by atoms with Gasteiger partial charge >= 0.3 is 6.09 Å². The van der Waals surface area contributed by atoms with E-state index in [1.807, 2.05) is 32.9 Å². The highest BCUT2D eigenvalue weighted by atomic mass is 16.6. The van der Waals surface area contributed by atoms with Gasteiger partial charge in [0.15, 0.2) is 0 Å². The Labute approximate surface area is 143 Å². The monoisotopic (exact) mass is 333 g/mol. The predicted octanol–water partition coefficient (Wildman–Crippen LogP) is 2.69. The number of hydrogen-bond donors (Lipinski definition) is 0. The van der Waals surface area contributed by atoms with Crippen molar-refractivity contribution in [2.45, 2.75) is 45.8 Å². The highest BCUT2D eigenvalue weighted by Gasteiger charge is 2.32. The van der Waals surface area contributed by atoms with Gasteiger partial charge in [-0.25, -0.2) is 4.79 Å². The van der Waals surface area contributed by atoms with Crippen molar-refractivity contribution < 1.29 is 14.3 Å². The second-order valence-electron chi connectivity index (χ2n) is 7.32. The van der Waals surface area contributed by atoms with E-state index in [1.165, 1.54) is 0 Å². The molecule has 132 valence electrons. The van der Waals surface area contributed by atoms with Crippen LogP contribution in [0.25, 0.3) is 0 Å². The fraction of sp³-hybridized carbons (Fsp3) is 0.611. The number of amides is 2. The smallest absolute Gasteiger partial charge is 0.410 e. The molecule has 6 nitrogen and oxygen atoms in total. The second-order valence-corrected chi connectivity index (χ2v) is 7.32. The number of aromatic nitrogens is 1. The van der Waals surface area contributed by atoms with E-state index in [9.17, 15) is 9.59 Å². The molecule has 2 amide bonds. The van der Waals surface area contributed by atoms with Crippen molar-refractivity contribution in [3.63, 3.8) is 0 Å². The molecule has 1 unspecified atom stereocenters. The molecule has 1 aliphatic rings. The summed E-state index contributed by atoms with van der Waals surface area (Å²) in [6, 6.07) is 3.80. The molecule has 0 N–H and O–H groups in total. The Morgan fingerprint density at radius 3 is 2.62 bits per heavy atom. The molecule has 6 heteroatoms. The van der Waals surface area contributed by atoms with Crippen LogP contribution in [-0.2, 0) is 16.1 Å². The van der Waals surface area contributed by atoms with Crippen LogP contribution in [0.3, 0.4) is 0 Å². The molecule has 0 saturated carbocycles. The molecule has 1 atom stereocenters. The molecule has 1 saturated heterocycles. The van der Waals surface area contributed by atoms with Crippen molar-refractivity contribution >= 4 is 12.0 Å². The topological polar surface area (TPSA) is 62.7 Å². The average Bonchev–Trinajstić information content (AvgIpc) is 2.53. The number of carbonyl (C=O) groups is 2. The van der Waals surface area contributed by atoms with Crippen LogP contribution in [0.5, 0.6) is 0 Å². The van der Waals surface area contributed by atoms with E-state index in [0.717, 1.165) is 18.4 Å². The quantitative estimate of drug-likeness (QED) is 0.853. The largest absolute Gasteiger partial charge is 0.444 e. The van der Waals surface area contributed by atoms with Crippen LogP contribution >= 0.6 is 0 Å². The summed E-state index contributed by atoms with van der Waals surface area (Å²) >= 11 is 0. The Hall–Kier alpha value is -2.11. The first-order valence-corrected chi connectivity index (χ1v) is 8.38. The van der Waals surface area contributed by atoms with Crippen LogP contribution in [0.1, 0.15) is 39.2 Å². The summed E-state index contributed by atoms with van der Waals surface area (Å²) < 4.78 is 5.42. The highest BCUT2D eigenvalue weighted by Crippen LogP contribution is 2.21. The minimum atomic E-state index is -0.522. The summed E-state index contributed by atoms with van der Waals surface area (Å²) in [5.41, 5.74) is 0.521. The van der Waals surface area contributed by atoms with Crippen molar-refractivity contribution in [3.05, 3.63) is 30.1 Å². The SMILES string of the molecule is CN(Cc1ccncc1)C(=O)C1CCCN(C(=O)OC(C)(C)C)C1. The molecular formula is C18H27N3O3. The maximum absolute atomic E-state index is 12.7. The lowest BCUT2D eigenvalue weighted by Crippen LogP contribution is -2.47. The fourth-order valence-corrected chi connectivity index (χ4v) is 2.82. The Kier molecular flexibility index (Phi) is 5.80. The lowest BCUT2D eigenvalue weighted by molar-refractivity contribution is -0.136. The van der Waals surface area contributed by atoms with Gasteiger partial charge in [-0.2, -0.15) is 0 Å². The summed E-state index contributed by atoms with van der Waals surface area (Å²) in [6.07, 6.45) is 4.73. The van der Waals surface area contributed by atoms with Gasteiger partial charge in [0.05, 0.1) is 5.92 Å². The molecule has 0 spiro atoms. The number of carbonyl (C=O) groups excluding carboxylic acids is 2. The van der Waals surface area contributed by atoms with Crippen LogP contribution in [0.15, 0.2) is 24.5 Å². The van der Waals surface area contributed by atoms with Gasteiger partial charge in [0.2, 0.25) is 5.91 Å². The number of nitrogens with zero attached hydrogens (tertiary/aromatic N) is 3. The number of hydrogen-bond acceptors (Lipinski definition) is 4. The molecule has 2 heterocycles. The molecule has 1 fully saturated rings. The van der Waals surface area contributed by atoms with Gasteiger partial charge in [-0.1, -0.05) is 0 Å². The predicted molar refractivity (Wildman–Crippen MR) is 91.2 cm³/mol. The third-order valence-electron chi connectivity index (χ3n) is 3.97. The van der Waals surface area contributed by atoms with E-state index in [2.05, 4.69) is 4.98 Å². The third-order valence-corrected chi connectivity index (χ3v) is 3.97. The van der Waals surface area contributed by atoms with Crippen molar-refractivity contribution in [1.82, 2.24) is 14.8 Å². The van der Waals surface area contributed by atoms with Crippen molar-refractivity contribution in [3.8, 4) is 0 Å². The molecule has 1 aromatic rings. The van der Waals surface area contributed by atoms with Gasteiger partial charge in [0.25, 0.3) is 0 Å². The van der Waals surface area contributed by atoms with Crippen LogP contribution in [-0.4, -0.2) is 52.5 Å². The van der Waals surface area contributed by atoms with E-state index in [0.29, 0.717) is 19.6 Å². The first kappa shape index (κ1) is 18.2. The molecule has 0 bridgehead atoms. The van der Waals surface area contributed by atoms with Crippen LogP contribution in [0.4, 0.5) is 4.79 Å². The number of pyridine rings is 1. The number of piperidine rings is 1. The maximum Gasteiger partial charge on any atom is 0.410 e. The zero-order valence-electron chi connectivity index (χ0n) is 15.0. The van der Waals surface area contributed by atoms with Crippen molar-refractivity contribution in [2.75, 3.05) is 20.1 Å². The average molecular weight is 333 g/mol. The van der Waals surface area contributed by atoms with Gasteiger partial charge in [0.1, 0.15) is 5.60 Å². The first-order chi connectivity index (χ1) is 11.3. The molecule has 1 aliphatic heterocycles. The number of ether oxygens (including phenoxy) is 1. The normalized spacial score (nSPS) is 18.2. The van der Waals surface area contributed by atoms with Crippen molar-refractivity contribution in [1.29, 1.82) is 0 Å². The van der Waals surface area contributed by atoms with Gasteiger partial charge in [-0.15, -0.1) is 0 Å². The molecule has 2 rings (SSSR count). The van der Waals surface area contributed by atoms with E-state index in [4.69, 9.17) is 4.74 Å². The summed E-state index contributed by atoms with van der Waals surface area (Å²) in [7, 11) is 1.80. The Morgan fingerprint density at radius 1 is 1.33 bits per heavy atom.